The monoisotopic (exact) mass is 204 g/mol. The average molecular weight is 204 g/mol. The standard InChI is InChI=1S/C12H16N2O/c1-9(15)5-6-10-8-14(2)12-11(10)4-3-7-13-12/h3-4,7-9,15H,5-6H2,1-2H3/t9-/m0/s1. The lowest BCUT2D eigenvalue weighted by molar-refractivity contribution is 0.185. The lowest BCUT2D eigenvalue weighted by Crippen LogP contribution is -2.00. The minimum Gasteiger partial charge on any atom is -0.393 e. The highest BCUT2D eigenvalue weighted by molar-refractivity contribution is 5.80. The van der Waals surface area contributed by atoms with E-state index in [2.05, 4.69) is 17.2 Å². The van der Waals surface area contributed by atoms with Crippen molar-refractivity contribution < 1.29 is 5.11 Å². The fourth-order valence-corrected chi connectivity index (χ4v) is 1.86. The van der Waals surface area contributed by atoms with Crippen molar-refractivity contribution in [1.29, 1.82) is 0 Å². The Morgan fingerprint density at radius 2 is 2.33 bits per heavy atom. The topological polar surface area (TPSA) is 38.0 Å². The largest absolute Gasteiger partial charge is 0.393 e. The number of pyridine rings is 1. The number of rotatable bonds is 3. The number of aromatic nitrogens is 2. The van der Waals surface area contributed by atoms with E-state index >= 15 is 0 Å². The van der Waals surface area contributed by atoms with Crippen molar-refractivity contribution in [3.8, 4) is 0 Å². The molecule has 3 heteroatoms. The number of aryl methyl sites for hydroxylation is 2. The molecule has 0 unspecified atom stereocenters. The Bertz CT molecular complexity index is 460. The quantitative estimate of drug-likeness (QED) is 0.829. The van der Waals surface area contributed by atoms with Gasteiger partial charge in [-0.05, 0) is 37.5 Å². The first-order valence-corrected chi connectivity index (χ1v) is 5.25. The summed E-state index contributed by atoms with van der Waals surface area (Å²) in [5.74, 6) is 0. The van der Waals surface area contributed by atoms with Crippen molar-refractivity contribution >= 4 is 11.0 Å². The molecule has 2 aromatic rings. The van der Waals surface area contributed by atoms with Gasteiger partial charge in [0.25, 0.3) is 0 Å². The summed E-state index contributed by atoms with van der Waals surface area (Å²) in [5, 5.41) is 10.5. The van der Waals surface area contributed by atoms with E-state index in [0.29, 0.717) is 0 Å². The molecule has 0 amide bonds. The summed E-state index contributed by atoms with van der Waals surface area (Å²) in [6.07, 6.45) is 5.37. The van der Waals surface area contributed by atoms with Crippen molar-refractivity contribution in [2.45, 2.75) is 25.9 Å². The molecular formula is C12H16N2O. The number of nitrogens with zero attached hydrogens (tertiary/aromatic N) is 2. The SMILES string of the molecule is C[C@H](O)CCc1cn(C)c2ncccc12. The Kier molecular flexibility index (Phi) is 2.73. The molecule has 2 heterocycles. The third-order valence-electron chi connectivity index (χ3n) is 2.65. The van der Waals surface area contributed by atoms with Crippen LogP contribution in [0.3, 0.4) is 0 Å². The van der Waals surface area contributed by atoms with Crippen LogP contribution in [0.5, 0.6) is 0 Å². The van der Waals surface area contributed by atoms with Gasteiger partial charge in [0.15, 0.2) is 0 Å². The van der Waals surface area contributed by atoms with E-state index in [1.165, 1.54) is 10.9 Å². The summed E-state index contributed by atoms with van der Waals surface area (Å²) in [6.45, 7) is 1.82. The third-order valence-corrected chi connectivity index (χ3v) is 2.65. The van der Waals surface area contributed by atoms with Crippen LogP contribution in [0.4, 0.5) is 0 Å². The van der Waals surface area contributed by atoms with E-state index < -0.39 is 0 Å². The van der Waals surface area contributed by atoms with Crippen LogP contribution in [0.15, 0.2) is 24.5 Å². The number of aliphatic hydroxyl groups is 1. The summed E-state index contributed by atoms with van der Waals surface area (Å²) >= 11 is 0. The first-order chi connectivity index (χ1) is 7.18. The first kappa shape index (κ1) is 10.2. The smallest absolute Gasteiger partial charge is 0.139 e. The summed E-state index contributed by atoms with van der Waals surface area (Å²) in [4.78, 5) is 4.33. The van der Waals surface area contributed by atoms with Gasteiger partial charge in [0, 0.05) is 24.8 Å². The average Bonchev–Trinajstić information content (AvgIpc) is 2.54. The van der Waals surface area contributed by atoms with E-state index in [-0.39, 0.29) is 6.10 Å². The Morgan fingerprint density at radius 3 is 3.07 bits per heavy atom. The van der Waals surface area contributed by atoms with Crippen LogP contribution in [0.2, 0.25) is 0 Å². The second kappa shape index (κ2) is 4.03. The minimum atomic E-state index is -0.239. The number of hydrogen-bond acceptors (Lipinski definition) is 2. The zero-order chi connectivity index (χ0) is 10.8. The van der Waals surface area contributed by atoms with Crippen molar-refractivity contribution in [3.05, 3.63) is 30.1 Å². The van der Waals surface area contributed by atoms with Crippen molar-refractivity contribution in [3.63, 3.8) is 0 Å². The molecule has 0 saturated heterocycles. The van der Waals surface area contributed by atoms with Crippen molar-refractivity contribution in [2.24, 2.45) is 7.05 Å². The fraction of sp³-hybridized carbons (Fsp3) is 0.417. The Hall–Kier alpha value is -1.35. The molecule has 0 aliphatic rings. The van der Waals surface area contributed by atoms with Gasteiger partial charge in [-0.2, -0.15) is 0 Å². The zero-order valence-corrected chi connectivity index (χ0v) is 9.14. The Morgan fingerprint density at radius 1 is 1.53 bits per heavy atom. The maximum absolute atomic E-state index is 9.27. The van der Waals surface area contributed by atoms with Crippen molar-refractivity contribution in [1.82, 2.24) is 9.55 Å². The van der Waals surface area contributed by atoms with Crippen molar-refractivity contribution in [2.75, 3.05) is 0 Å². The van der Waals surface area contributed by atoms with Crippen LogP contribution in [0.1, 0.15) is 18.9 Å². The van der Waals surface area contributed by atoms with E-state index in [1.807, 2.05) is 24.6 Å². The van der Waals surface area contributed by atoms with Gasteiger partial charge >= 0.3 is 0 Å². The second-order valence-corrected chi connectivity index (χ2v) is 4.03. The molecule has 3 nitrogen and oxygen atoms in total. The van der Waals surface area contributed by atoms with Crippen LogP contribution < -0.4 is 0 Å². The predicted octanol–water partition coefficient (Wildman–Crippen LogP) is 1.89. The van der Waals surface area contributed by atoms with Gasteiger partial charge < -0.3 is 9.67 Å². The van der Waals surface area contributed by atoms with Gasteiger partial charge in [-0.3, -0.25) is 0 Å². The normalized spacial score (nSPS) is 13.3. The van der Waals surface area contributed by atoms with Gasteiger partial charge in [0.2, 0.25) is 0 Å². The van der Waals surface area contributed by atoms with E-state index in [9.17, 15) is 5.11 Å². The molecule has 0 saturated carbocycles. The number of aliphatic hydroxyl groups excluding tert-OH is 1. The highest BCUT2D eigenvalue weighted by Crippen LogP contribution is 2.19. The zero-order valence-electron chi connectivity index (χ0n) is 9.14. The molecule has 80 valence electrons. The molecule has 15 heavy (non-hydrogen) atoms. The lowest BCUT2D eigenvalue weighted by atomic mass is 10.1. The van der Waals surface area contributed by atoms with Gasteiger partial charge in [-0.25, -0.2) is 4.98 Å². The first-order valence-electron chi connectivity index (χ1n) is 5.25. The fourth-order valence-electron chi connectivity index (χ4n) is 1.86. The van der Waals surface area contributed by atoms with Gasteiger partial charge in [0.1, 0.15) is 5.65 Å². The maximum Gasteiger partial charge on any atom is 0.139 e. The van der Waals surface area contributed by atoms with E-state index in [1.54, 1.807) is 6.20 Å². The molecule has 0 aliphatic heterocycles. The van der Waals surface area contributed by atoms with Crippen LogP contribution in [-0.4, -0.2) is 20.8 Å². The molecule has 0 bridgehead atoms. The second-order valence-electron chi connectivity index (χ2n) is 4.03. The van der Waals surface area contributed by atoms with Crippen LogP contribution >= 0.6 is 0 Å². The highest BCUT2D eigenvalue weighted by Gasteiger charge is 2.07. The van der Waals surface area contributed by atoms with Gasteiger partial charge in [-0.1, -0.05) is 0 Å². The minimum absolute atomic E-state index is 0.239. The summed E-state index contributed by atoms with van der Waals surface area (Å²) in [6, 6.07) is 4.04. The Labute approximate surface area is 89.4 Å². The number of hydrogen-bond donors (Lipinski definition) is 1. The maximum atomic E-state index is 9.27. The molecule has 1 N–H and O–H groups in total. The van der Waals surface area contributed by atoms with Crippen LogP contribution in [-0.2, 0) is 13.5 Å². The van der Waals surface area contributed by atoms with E-state index in [0.717, 1.165) is 18.5 Å². The van der Waals surface area contributed by atoms with Gasteiger partial charge in [0.05, 0.1) is 6.10 Å². The lowest BCUT2D eigenvalue weighted by Gasteiger charge is -2.01. The Balaban J connectivity index is 2.35. The van der Waals surface area contributed by atoms with Gasteiger partial charge in [-0.15, -0.1) is 0 Å². The molecular weight excluding hydrogens is 188 g/mol. The molecule has 0 aliphatic carbocycles. The molecule has 2 rings (SSSR count). The summed E-state index contributed by atoms with van der Waals surface area (Å²) in [5.41, 5.74) is 2.28. The van der Waals surface area contributed by atoms with Crippen LogP contribution in [0, 0.1) is 0 Å². The number of fused-ring (bicyclic) bond motifs is 1. The molecule has 1 atom stereocenters. The molecule has 2 aromatic heterocycles. The highest BCUT2D eigenvalue weighted by atomic mass is 16.3. The molecule has 0 fully saturated rings. The third kappa shape index (κ3) is 2.02. The predicted molar refractivity (Wildman–Crippen MR) is 60.7 cm³/mol. The van der Waals surface area contributed by atoms with E-state index in [4.69, 9.17) is 0 Å². The summed E-state index contributed by atoms with van der Waals surface area (Å²) < 4.78 is 2.03. The summed E-state index contributed by atoms with van der Waals surface area (Å²) in [7, 11) is 2.00. The van der Waals surface area contributed by atoms with Crippen LogP contribution in [0.25, 0.3) is 11.0 Å². The molecule has 0 spiro atoms. The molecule has 0 aromatic carbocycles. The molecule has 0 radical (unpaired) electrons.